The average molecular weight is 148 g/mol. The van der Waals surface area contributed by atoms with E-state index in [-0.39, 0.29) is 0 Å². The quantitative estimate of drug-likeness (QED) is 0.400. The van der Waals surface area contributed by atoms with E-state index >= 15 is 0 Å². The molecule has 0 aromatic heterocycles. The lowest BCUT2D eigenvalue weighted by Gasteiger charge is -1.90. The molecule has 4 heteroatoms. The van der Waals surface area contributed by atoms with Gasteiger partial charge in [-0.25, -0.2) is 4.79 Å². The molecule has 0 radical (unpaired) electrons. The minimum atomic E-state index is -1.47. The average Bonchev–Trinajstić information content (AvgIpc) is 1.87. The molecule has 0 saturated heterocycles. The van der Waals surface area contributed by atoms with E-state index in [0.717, 1.165) is 5.80 Å². The van der Waals surface area contributed by atoms with Crippen LogP contribution in [0.1, 0.15) is 6.92 Å². The number of ether oxygens (including phenoxy) is 1. The van der Waals surface area contributed by atoms with Crippen LogP contribution in [-0.4, -0.2) is 25.0 Å². The highest BCUT2D eigenvalue weighted by Crippen LogP contribution is 2.05. The summed E-state index contributed by atoms with van der Waals surface area (Å²) in [6, 6.07) is 0. The zero-order valence-corrected chi connectivity index (χ0v) is 6.35. The van der Waals surface area contributed by atoms with Crippen molar-refractivity contribution in [2.75, 3.05) is 13.3 Å². The molecular weight excluding hydrogens is 139 g/mol. The van der Waals surface area contributed by atoms with Crippen molar-refractivity contribution in [1.29, 1.82) is 0 Å². The van der Waals surface area contributed by atoms with Gasteiger partial charge in [0.05, 0.1) is 21.0 Å². The number of methoxy groups -OCH3 is 1. The van der Waals surface area contributed by atoms with E-state index in [4.69, 9.17) is 0 Å². The van der Waals surface area contributed by atoms with Gasteiger partial charge in [0.2, 0.25) is 0 Å². The fourth-order valence-electron chi connectivity index (χ4n) is 0.262. The number of rotatable bonds is 2. The summed E-state index contributed by atoms with van der Waals surface area (Å²) in [5, 5.41) is 0. The van der Waals surface area contributed by atoms with E-state index in [1.807, 2.05) is 0 Å². The van der Waals surface area contributed by atoms with Crippen molar-refractivity contribution in [1.82, 2.24) is 0 Å². The molecule has 0 bridgehead atoms. The van der Waals surface area contributed by atoms with Crippen molar-refractivity contribution in [3.8, 4) is 0 Å². The first kappa shape index (κ1) is 8.60. The Morgan fingerprint density at radius 3 is 2.78 bits per heavy atom. The van der Waals surface area contributed by atoms with Gasteiger partial charge in [0, 0.05) is 0 Å². The SMILES string of the molecule is CC[P+]([O-])=CC(=O)OC. The maximum absolute atomic E-state index is 10.6. The second-order valence-corrected chi connectivity index (χ2v) is 3.11. The van der Waals surface area contributed by atoms with Crippen molar-refractivity contribution in [2.45, 2.75) is 6.92 Å². The highest BCUT2D eigenvalue weighted by molar-refractivity contribution is 7.51. The van der Waals surface area contributed by atoms with Gasteiger partial charge in [0.25, 0.3) is 0 Å². The zero-order valence-electron chi connectivity index (χ0n) is 5.46. The molecule has 9 heavy (non-hydrogen) atoms. The summed E-state index contributed by atoms with van der Waals surface area (Å²) in [7, 11) is -0.212. The summed E-state index contributed by atoms with van der Waals surface area (Å²) in [6.07, 6.45) is 0.491. The first-order valence-electron chi connectivity index (χ1n) is 2.57. The van der Waals surface area contributed by atoms with Gasteiger partial charge in [-0.15, -0.1) is 0 Å². The van der Waals surface area contributed by atoms with E-state index in [1.54, 1.807) is 6.92 Å². The first-order chi connectivity index (χ1) is 4.20. The minimum absolute atomic E-state index is 0.491. The third-order valence-electron chi connectivity index (χ3n) is 0.762. The van der Waals surface area contributed by atoms with Crippen LogP contribution in [0.25, 0.3) is 0 Å². The molecule has 3 nitrogen and oxygen atoms in total. The molecule has 0 fully saturated rings. The monoisotopic (exact) mass is 148 g/mol. The second-order valence-electron chi connectivity index (χ2n) is 1.39. The maximum Gasteiger partial charge on any atom is 0.372 e. The Morgan fingerprint density at radius 1 is 1.89 bits per heavy atom. The maximum atomic E-state index is 10.6. The van der Waals surface area contributed by atoms with Gasteiger partial charge in [0.1, 0.15) is 0 Å². The number of hydrogen-bond acceptors (Lipinski definition) is 3. The summed E-state index contributed by atoms with van der Waals surface area (Å²) in [4.78, 5) is 20.9. The molecule has 0 aromatic rings. The lowest BCUT2D eigenvalue weighted by atomic mass is 10.8. The molecule has 0 amide bonds. The highest BCUT2D eigenvalue weighted by Gasteiger charge is 1.98. The summed E-state index contributed by atoms with van der Waals surface area (Å²) >= 11 is 0. The summed E-state index contributed by atoms with van der Waals surface area (Å²) in [6.45, 7) is 1.75. The lowest BCUT2D eigenvalue weighted by Crippen LogP contribution is -2.04. The largest absolute Gasteiger partial charge is 0.630 e. The molecule has 0 rings (SSSR count). The Balaban J connectivity index is 3.79. The van der Waals surface area contributed by atoms with Crippen LogP contribution in [0.2, 0.25) is 0 Å². The second kappa shape index (κ2) is 4.48. The molecule has 52 valence electrons. The van der Waals surface area contributed by atoms with Gasteiger partial charge in [-0.2, -0.15) is 0 Å². The minimum Gasteiger partial charge on any atom is -0.630 e. The number of carbonyl (C=O) groups is 1. The fourth-order valence-corrected chi connectivity index (χ4v) is 0.785. The van der Waals surface area contributed by atoms with Gasteiger partial charge >= 0.3 is 5.97 Å². The normalized spacial score (nSPS) is 11.2. The van der Waals surface area contributed by atoms with Crippen LogP contribution < -0.4 is 4.89 Å². The molecule has 0 N–H and O–H groups in total. The van der Waals surface area contributed by atoms with E-state index in [1.165, 1.54) is 7.11 Å². The lowest BCUT2D eigenvalue weighted by molar-refractivity contribution is -0.152. The molecule has 1 unspecified atom stereocenters. The fraction of sp³-hybridized carbons (Fsp3) is 0.600. The molecule has 0 aliphatic heterocycles. The molecule has 0 heterocycles. The zero-order chi connectivity index (χ0) is 7.28. The van der Waals surface area contributed by atoms with Crippen molar-refractivity contribution in [2.24, 2.45) is 0 Å². The van der Waals surface area contributed by atoms with Crippen molar-refractivity contribution in [3.63, 3.8) is 0 Å². The summed E-state index contributed by atoms with van der Waals surface area (Å²) in [5.41, 5.74) is 0. The van der Waals surface area contributed by atoms with Crippen molar-refractivity contribution >= 4 is 19.5 Å². The third-order valence-corrected chi connectivity index (χ3v) is 1.88. The van der Waals surface area contributed by atoms with Crippen LogP contribution in [0.15, 0.2) is 0 Å². The van der Waals surface area contributed by atoms with Crippen LogP contribution in [0.5, 0.6) is 0 Å². The van der Waals surface area contributed by atoms with Crippen molar-refractivity contribution < 1.29 is 14.4 Å². The summed E-state index contributed by atoms with van der Waals surface area (Å²) in [5.74, 6) is 0.577. The first-order valence-corrected chi connectivity index (χ1v) is 4.08. The molecule has 0 saturated carbocycles. The smallest absolute Gasteiger partial charge is 0.372 e. The van der Waals surface area contributed by atoms with Crippen LogP contribution >= 0.6 is 7.77 Å². The van der Waals surface area contributed by atoms with Crippen LogP contribution in [0, 0.1) is 0 Å². The Morgan fingerprint density at radius 2 is 2.44 bits per heavy atom. The molecule has 0 aromatic carbocycles. The predicted octanol–water partition coefficient (Wildman–Crippen LogP) is -0.261. The van der Waals surface area contributed by atoms with Gasteiger partial charge < -0.3 is 9.63 Å². The molecule has 1 atom stereocenters. The highest BCUT2D eigenvalue weighted by atomic mass is 31.1. The van der Waals surface area contributed by atoms with E-state index in [0.29, 0.717) is 6.16 Å². The molecule has 0 aliphatic carbocycles. The Bertz CT molecular complexity index is 130. The molecule has 0 spiro atoms. The standard InChI is InChI=1S/C5H9O3P/c1-3-9(7)4-5(6)8-2/h4H,3H2,1-2H3. The topological polar surface area (TPSA) is 49.4 Å². The van der Waals surface area contributed by atoms with Gasteiger partial charge in [-0.1, -0.05) is 0 Å². The number of hydrogen-bond donors (Lipinski definition) is 0. The number of carbonyl (C=O) groups excluding carboxylic acids is 1. The number of esters is 1. The third kappa shape index (κ3) is 4.13. The predicted molar refractivity (Wildman–Crippen MR) is 35.5 cm³/mol. The van der Waals surface area contributed by atoms with Gasteiger partial charge in [0.15, 0.2) is 5.80 Å². The van der Waals surface area contributed by atoms with Crippen molar-refractivity contribution in [3.05, 3.63) is 0 Å². The van der Waals surface area contributed by atoms with Crippen LogP contribution in [0.4, 0.5) is 0 Å². The van der Waals surface area contributed by atoms with E-state index in [9.17, 15) is 9.69 Å². The Hall–Kier alpha value is -0.400. The van der Waals surface area contributed by atoms with Gasteiger partial charge in [-0.05, 0) is 6.92 Å². The van der Waals surface area contributed by atoms with E-state index in [2.05, 4.69) is 4.74 Å². The Labute approximate surface area is 55.1 Å². The van der Waals surface area contributed by atoms with E-state index < -0.39 is 13.7 Å². The van der Waals surface area contributed by atoms with Gasteiger partial charge in [-0.3, -0.25) is 0 Å². The van der Waals surface area contributed by atoms with Crippen LogP contribution in [0.3, 0.4) is 0 Å². The molecule has 0 aliphatic rings. The molecular formula is C5H9O3P. The van der Waals surface area contributed by atoms with Crippen LogP contribution in [-0.2, 0) is 9.53 Å². The summed E-state index contributed by atoms with van der Waals surface area (Å²) < 4.78 is 4.24. The Kier molecular flexibility index (Phi) is 4.28.